The first kappa shape index (κ1) is 53.9. The largest absolute Gasteiger partial charge is 0.394 e. The van der Waals surface area contributed by atoms with Crippen LogP contribution in [-0.2, 0) is 56.8 Å². The lowest BCUT2D eigenvalue weighted by Crippen LogP contribution is -2.69. The summed E-state index contributed by atoms with van der Waals surface area (Å²) in [5, 5.41) is 190. The fourth-order valence-electron chi connectivity index (χ4n) is 9.04. The number of aliphatic hydroxyl groups excluding tert-OH is 17. The van der Waals surface area contributed by atoms with Crippen molar-refractivity contribution >= 4 is 0 Å². The van der Waals surface area contributed by atoms with Crippen molar-refractivity contribution in [1.82, 2.24) is 0 Å². The van der Waals surface area contributed by atoms with Gasteiger partial charge in [0.1, 0.15) is 140 Å². The molecular formula is C36H59N3O29. The molecule has 0 aromatic rings. The highest BCUT2D eigenvalue weighted by Crippen LogP contribution is 2.38. The number of aliphatic hydroxyl groups is 17. The highest BCUT2D eigenvalue weighted by molar-refractivity contribution is 5.01. The molecule has 22 aliphatic heterocycles. The molecule has 0 aromatic heterocycles. The molecule has 22 aliphatic rings. The van der Waals surface area contributed by atoms with E-state index in [9.17, 15) is 86.8 Å². The number of hydrogen-bond acceptors (Lipinski definition) is 30. The molecule has 22 rings (SSSR count). The third-order valence-electron chi connectivity index (χ3n) is 12.8. The molecule has 0 saturated carbocycles. The van der Waals surface area contributed by atoms with Gasteiger partial charge in [-0.05, 0) is 5.53 Å². The van der Waals surface area contributed by atoms with Crippen LogP contribution < -0.4 is 0 Å². The van der Waals surface area contributed by atoms with E-state index in [-0.39, 0.29) is 0 Å². The van der Waals surface area contributed by atoms with Crippen LogP contribution in [0.15, 0.2) is 5.11 Å². The number of nitrogens with zero attached hydrogens (tertiary/aromatic N) is 3. The fourth-order valence-corrected chi connectivity index (χ4v) is 9.04. The molecule has 392 valence electrons. The van der Waals surface area contributed by atoms with Crippen LogP contribution in [0.25, 0.3) is 10.4 Å². The van der Waals surface area contributed by atoms with Gasteiger partial charge in [0.2, 0.25) is 0 Å². The van der Waals surface area contributed by atoms with E-state index in [1.165, 1.54) is 0 Å². The zero-order valence-electron chi connectivity index (χ0n) is 35.4. The lowest BCUT2D eigenvalue weighted by molar-refractivity contribution is -0.403. The lowest BCUT2D eigenvalue weighted by Gasteiger charge is -2.50. The molecule has 0 spiro atoms. The van der Waals surface area contributed by atoms with Crippen molar-refractivity contribution in [1.29, 1.82) is 0 Å². The van der Waals surface area contributed by atoms with Gasteiger partial charge >= 0.3 is 0 Å². The van der Waals surface area contributed by atoms with Crippen molar-refractivity contribution in [2.45, 2.75) is 184 Å². The summed E-state index contributed by atoms with van der Waals surface area (Å²) >= 11 is 0. The summed E-state index contributed by atoms with van der Waals surface area (Å²) < 4.78 is 68.3. The van der Waals surface area contributed by atoms with Crippen molar-refractivity contribution in [3.05, 3.63) is 10.4 Å². The molecule has 0 aliphatic carbocycles. The molecule has 0 amide bonds. The van der Waals surface area contributed by atoms with Crippen LogP contribution in [0.5, 0.6) is 0 Å². The van der Waals surface area contributed by atoms with Crippen LogP contribution in [-0.4, -0.2) is 311 Å². The first-order valence-electron chi connectivity index (χ1n) is 21.5. The summed E-state index contributed by atoms with van der Waals surface area (Å²) in [6.07, 6.45) is -58.9. The Hall–Kier alpha value is -1.85. The van der Waals surface area contributed by atoms with Crippen LogP contribution in [0.4, 0.5) is 0 Å². The fraction of sp³-hybridized carbons (Fsp3) is 1.00. The first-order chi connectivity index (χ1) is 32.4. The second-order valence-electron chi connectivity index (χ2n) is 17.1. The smallest absolute Gasteiger partial charge is 0.187 e. The molecule has 17 N–H and O–H groups in total. The number of hydrogen-bond donors (Lipinski definition) is 17. The molecular weight excluding hydrogens is 938 g/mol. The summed E-state index contributed by atoms with van der Waals surface area (Å²) in [4.78, 5) is 2.63. The van der Waals surface area contributed by atoms with Crippen LogP contribution in [0, 0.1) is 0 Å². The van der Waals surface area contributed by atoms with E-state index in [4.69, 9.17) is 62.4 Å². The molecule has 22 fully saturated rings. The summed E-state index contributed by atoms with van der Waals surface area (Å²) in [6, 6.07) is 0. The van der Waals surface area contributed by atoms with Gasteiger partial charge in [-0.2, -0.15) is 0 Å². The van der Waals surface area contributed by atoms with E-state index in [1.54, 1.807) is 0 Å². The van der Waals surface area contributed by atoms with Gasteiger partial charge in [0.25, 0.3) is 0 Å². The summed E-state index contributed by atoms with van der Waals surface area (Å²) in [5.74, 6) is 0. The molecule has 12 bridgehead atoms. The monoisotopic (exact) mass is 997 g/mol. The predicted octanol–water partition coefficient (Wildman–Crippen LogP) is -11.7. The van der Waals surface area contributed by atoms with Gasteiger partial charge in [-0.15, -0.1) is 0 Å². The molecule has 0 unspecified atom stereocenters. The van der Waals surface area contributed by atoms with Crippen molar-refractivity contribution in [2.24, 2.45) is 5.11 Å². The van der Waals surface area contributed by atoms with Crippen LogP contribution in [0.2, 0.25) is 0 Å². The molecule has 30 atom stereocenters. The van der Waals surface area contributed by atoms with Gasteiger partial charge in [0, 0.05) is 4.91 Å². The molecule has 32 heteroatoms. The minimum absolute atomic E-state index is 0.697. The Bertz CT molecular complexity index is 1650. The standard InChI is InChI=1S/C36H59N3O29/c37-39-38-1-7-25-13(45)19(51)31(57-7)64-26-8(2-40)59-33(21(53)15(26)47)66-28-10(4-42)61-35(23(55)17(28)49)68-30-12(6-44)62-36(24(56)18(30)50)67-29-11(5-43)60-34(22(54)16(29)48)65-27-9(3-41)58-32(63-25)20(52)14(27)46/h7-36,40-56H,1-6H2/t7-,8-,9-,10-,11-,12-,13-,14-,15-,16-,17-,18-,19-,20-,21-,22-,23-,24-,25-,26-,27-,28-,29-,30-,31-,32-,33-,34-,35-,36-/m1/s1. The van der Waals surface area contributed by atoms with Crippen LogP contribution in [0.1, 0.15) is 0 Å². The zero-order chi connectivity index (χ0) is 49.5. The summed E-state index contributed by atoms with van der Waals surface area (Å²) in [7, 11) is 0. The predicted molar refractivity (Wildman–Crippen MR) is 203 cm³/mol. The highest BCUT2D eigenvalue weighted by atomic mass is 16.8. The van der Waals surface area contributed by atoms with E-state index in [2.05, 4.69) is 10.0 Å². The van der Waals surface area contributed by atoms with E-state index >= 15 is 0 Å². The Labute approximate surface area is 382 Å². The Kier molecular flexibility index (Phi) is 18.2. The van der Waals surface area contributed by atoms with E-state index < -0.39 is 224 Å². The Balaban J connectivity index is 1.20. The molecule has 0 radical (unpaired) electrons. The van der Waals surface area contributed by atoms with Gasteiger partial charge in [-0.3, -0.25) is 0 Å². The number of rotatable bonds is 7. The molecule has 22 heterocycles. The third kappa shape index (κ3) is 10.5. The Morgan fingerprint density at radius 3 is 0.632 bits per heavy atom. The Morgan fingerprint density at radius 1 is 0.279 bits per heavy atom. The highest BCUT2D eigenvalue weighted by Gasteiger charge is 2.58. The lowest BCUT2D eigenvalue weighted by atomic mass is 9.94. The van der Waals surface area contributed by atoms with E-state index in [0.717, 1.165) is 0 Å². The molecule has 68 heavy (non-hydrogen) atoms. The Morgan fingerprint density at radius 2 is 0.456 bits per heavy atom. The summed E-state index contributed by atoms with van der Waals surface area (Å²) in [5.41, 5.74) is 9.11. The quantitative estimate of drug-likeness (QED) is 0.0640. The van der Waals surface area contributed by atoms with Gasteiger partial charge in [0.15, 0.2) is 37.7 Å². The first-order valence-corrected chi connectivity index (χ1v) is 21.5. The molecule has 22 saturated heterocycles. The van der Waals surface area contributed by atoms with Gasteiger partial charge < -0.3 is 144 Å². The van der Waals surface area contributed by atoms with Crippen molar-refractivity contribution in [3.63, 3.8) is 0 Å². The average Bonchev–Trinajstić information content (AvgIpc) is 3.33. The summed E-state index contributed by atoms with van der Waals surface area (Å²) in [6.45, 7) is -5.74. The second-order valence-corrected chi connectivity index (χ2v) is 17.1. The topological polar surface area (TPSA) is 503 Å². The van der Waals surface area contributed by atoms with Crippen LogP contribution in [0.3, 0.4) is 0 Å². The maximum Gasteiger partial charge on any atom is 0.187 e. The maximum atomic E-state index is 11.4. The third-order valence-corrected chi connectivity index (χ3v) is 12.8. The van der Waals surface area contributed by atoms with Gasteiger partial charge in [0.05, 0.1) is 45.7 Å². The zero-order valence-corrected chi connectivity index (χ0v) is 35.4. The van der Waals surface area contributed by atoms with Crippen molar-refractivity contribution in [3.8, 4) is 0 Å². The molecule has 0 aromatic carbocycles. The number of ether oxygens (including phenoxy) is 12. The average molecular weight is 998 g/mol. The van der Waals surface area contributed by atoms with Gasteiger partial charge in [-0.1, -0.05) is 5.11 Å². The minimum atomic E-state index is -2.17. The minimum Gasteiger partial charge on any atom is -0.394 e. The van der Waals surface area contributed by atoms with Crippen LogP contribution >= 0.6 is 0 Å². The van der Waals surface area contributed by atoms with Crippen molar-refractivity contribution < 1.29 is 144 Å². The second kappa shape index (κ2) is 22.9. The van der Waals surface area contributed by atoms with Gasteiger partial charge in [-0.25, -0.2) is 0 Å². The van der Waals surface area contributed by atoms with E-state index in [1.807, 2.05) is 0 Å². The maximum absolute atomic E-state index is 11.4. The van der Waals surface area contributed by atoms with E-state index in [0.29, 0.717) is 0 Å². The SMILES string of the molecule is [N-]=[N+]=NC[C@H]1O[C@@H]2O[C@H]3[C@H](O)[C@@H](O)[C@@H](O[C@H]4[C@H](O)[C@@H](O)[C@@H](O[C@H]5[C@H](O)[C@@H](O)[C@@H](O[C@H]6[C@H](O)[C@@H](O)[C@@H](O[C@H]7[C@H](O)[C@@H](O)[C@@H](O[C@H]1[C@H](O)[C@H]2O)O[C@@H]7CO)O[C@@H]6CO)O[C@@H]5CO)O[C@@H]4CO)O[C@@H]3CO. The van der Waals surface area contributed by atoms with Crippen molar-refractivity contribution in [2.75, 3.05) is 39.6 Å². The normalized spacial score (nSPS) is 53.9. The number of azide groups is 1. The molecule has 32 nitrogen and oxygen atoms in total.